The molecule has 4 N–H and O–H groups in total. The second-order valence-electron chi connectivity index (χ2n) is 16.3. The second kappa shape index (κ2) is 18.1. The average Bonchev–Trinajstić information content (AvgIpc) is 3.15. The summed E-state index contributed by atoms with van der Waals surface area (Å²) in [5.74, 6) is 2.87. The average molecular weight is 669 g/mol. The van der Waals surface area contributed by atoms with Crippen LogP contribution in [0.4, 0.5) is 11.4 Å². The maximum atomic E-state index is 5.94. The molecule has 0 radical (unpaired) electrons. The van der Waals surface area contributed by atoms with Crippen LogP contribution in [0.3, 0.4) is 0 Å². The molecule has 2 fully saturated rings. The lowest BCUT2D eigenvalue weighted by Gasteiger charge is -2.42. The van der Waals surface area contributed by atoms with E-state index in [9.17, 15) is 0 Å². The van der Waals surface area contributed by atoms with Gasteiger partial charge in [0.2, 0.25) is 0 Å². The van der Waals surface area contributed by atoms with E-state index in [4.69, 9.17) is 11.5 Å². The van der Waals surface area contributed by atoms with E-state index in [1.807, 2.05) is 24.3 Å². The summed E-state index contributed by atoms with van der Waals surface area (Å²) in [6, 6.07) is 35.9. The Morgan fingerprint density at radius 2 is 0.800 bits per heavy atom. The van der Waals surface area contributed by atoms with Gasteiger partial charge in [-0.25, -0.2) is 0 Å². The molecule has 0 amide bonds. The van der Waals surface area contributed by atoms with Crippen molar-refractivity contribution >= 4 is 11.4 Å². The van der Waals surface area contributed by atoms with Crippen LogP contribution in [0.1, 0.15) is 149 Å². The summed E-state index contributed by atoms with van der Waals surface area (Å²) in [6.45, 7) is 2.32. The van der Waals surface area contributed by atoms with E-state index in [0.717, 1.165) is 42.0 Å². The molecule has 2 heteroatoms. The van der Waals surface area contributed by atoms with Gasteiger partial charge in [0.15, 0.2) is 0 Å². The van der Waals surface area contributed by atoms with Crippen LogP contribution in [-0.2, 0) is 18.3 Å². The van der Waals surface area contributed by atoms with Gasteiger partial charge >= 0.3 is 0 Å². The fourth-order valence-corrected chi connectivity index (χ4v) is 9.32. The molecule has 0 spiro atoms. The highest BCUT2D eigenvalue weighted by molar-refractivity contribution is 5.45. The van der Waals surface area contributed by atoms with E-state index in [0.29, 0.717) is 0 Å². The normalized spacial score (nSPS) is 19.4. The Morgan fingerprint density at radius 1 is 0.440 bits per heavy atom. The topological polar surface area (TPSA) is 52.0 Å². The van der Waals surface area contributed by atoms with Crippen molar-refractivity contribution in [3.8, 4) is 0 Å². The standard InChI is InChI=1S/C48H64N2/c1-2-3-4-5-6-7-8-37-9-11-38(12-10-37)13-14-39-31-33-48(34-32-39,44-23-15-40(16-24-44)35-42-19-27-46(49)28-20-42)45-25-17-41(18-26-45)36-43-21-29-47(50)30-22-43/h15-30,37-39H,2-14,31-36,49-50H2,1H3/t37-,38-. The lowest BCUT2D eigenvalue weighted by molar-refractivity contribution is 0.208. The number of unbranched alkanes of at least 4 members (excludes halogenated alkanes) is 5. The lowest BCUT2D eigenvalue weighted by Crippen LogP contribution is -2.33. The Kier molecular flexibility index (Phi) is 13.1. The highest BCUT2D eigenvalue weighted by atomic mass is 14.5. The first-order chi connectivity index (χ1) is 24.5. The van der Waals surface area contributed by atoms with E-state index >= 15 is 0 Å². The molecule has 0 aromatic heterocycles. The van der Waals surface area contributed by atoms with Gasteiger partial charge < -0.3 is 11.5 Å². The molecule has 2 aliphatic rings. The number of rotatable bonds is 16. The van der Waals surface area contributed by atoms with E-state index in [1.165, 1.54) is 143 Å². The summed E-state index contributed by atoms with van der Waals surface area (Å²) in [6.07, 6.45) is 26.0. The molecule has 2 aliphatic carbocycles. The van der Waals surface area contributed by atoms with Gasteiger partial charge in [0, 0.05) is 16.8 Å². The largest absolute Gasteiger partial charge is 0.399 e. The number of hydrogen-bond donors (Lipinski definition) is 2. The van der Waals surface area contributed by atoms with Crippen LogP contribution in [0, 0.1) is 17.8 Å². The molecule has 0 bridgehead atoms. The molecule has 4 aromatic carbocycles. The highest BCUT2D eigenvalue weighted by Crippen LogP contribution is 2.48. The van der Waals surface area contributed by atoms with Gasteiger partial charge in [0.05, 0.1) is 0 Å². The highest BCUT2D eigenvalue weighted by Gasteiger charge is 2.38. The first-order valence-electron chi connectivity index (χ1n) is 20.4. The Hall–Kier alpha value is -3.52. The van der Waals surface area contributed by atoms with Crippen molar-refractivity contribution in [1.82, 2.24) is 0 Å². The van der Waals surface area contributed by atoms with E-state index in [-0.39, 0.29) is 5.41 Å². The Bertz CT molecular complexity index is 1440. The number of hydrogen-bond acceptors (Lipinski definition) is 2. The fraction of sp³-hybridized carbons (Fsp3) is 0.500. The minimum atomic E-state index is 0.0879. The zero-order chi connectivity index (χ0) is 34.6. The fourth-order valence-electron chi connectivity index (χ4n) is 9.32. The second-order valence-corrected chi connectivity index (χ2v) is 16.3. The van der Waals surface area contributed by atoms with Crippen molar-refractivity contribution in [2.75, 3.05) is 11.5 Å². The van der Waals surface area contributed by atoms with Crippen molar-refractivity contribution in [2.45, 2.75) is 134 Å². The summed E-state index contributed by atoms with van der Waals surface area (Å²) in [5.41, 5.74) is 22.0. The van der Waals surface area contributed by atoms with Crippen molar-refractivity contribution in [3.05, 3.63) is 130 Å². The van der Waals surface area contributed by atoms with Crippen molar-refractivity contribution in [3.63, 3.8) is 0 Å². The van der Waals surface area contributed by atoms with Crippen LogP contribution in [-0.4, -0.2) is 0 Å². The Labute approximate surface area is 304 Å². The van der Waals surface area contributed by atoms with Crippen LogP contribution < -0.4 is 11.5 Å². The van der Waals surface area contributed by atoms with Crippen molar-refractivity contribution in [1.29, 1.82) is 0 Å². The lowest BCUT2D eigenvalue weighted by atomic mass is 9.62. The van der Waals surface area contributed by atoms with E-state index in [1.54, 1.807) is 0 Å². The number of nitrogens with two attached hydrogens (primary N) is 2. The predicted octanol–water partition coefficient (Wildman–Crippen LogP) is 12.8. The van der Waals surface area contributed by atoms with Crippen LogP contribution >= 0.6 is 0 Å². The first-order valence-corrected chi connectivity index (χ1v) is 20.4. The SMILES string of the molecule is CCCCCCCC[C@H]1CC[C@H](CCC2CCC(c3ccc(Cc4ccc(N)cc4)cc3)(c3ccc(Cc4ccc(N)cc4)cc3)CC2)CC1. The van der Waals surface area contributed by atoms with Crippen molar-refractivity contribution in [2.24, 2.45) is 17.8 Å². The summed E-state index contributed by atoms with van der Waals surface area (Å²) in [4.78, 5) is 0. The number of anilines is 2. The summed E-state index contributed by atoms with van der Waals surface area (Å²) in [7, 11) is 0. The quantitative estimate of drug-likeness (QED) is 0.0922. The van der Waals surface area contributed by atoms with Crippen molar-refractivity contribution < 1.29 is 0 Å². The van der Waals surface area contributed by atoms with E-state index in [2.05, 4.69) is 79.7 Å². The third-order valence-electron chi connectivity index (χ3n) is 12.7. The minimum absolute atomic E-state index is 0.0879. The van der Waals surface area contributed by atoms with Crippen LogP contribution in [0.5, 0.6) is 0 Å². The summed E-state index contributed by atoms with van der Waals surface area (Å²) >= 11 is 0. The molecular weight excluding hydrogens is 605 g/mol. The molecule has 266 valence electrons. The molecule has 2 nitrogen and oxygen atoms in total. The third-order valence-corrected chi connectivity index (χ3v) is 12.7. The number of nitrogen functional groups attached to an aromatic ring is 2. The van der Waals surface area contributed by atoms with Gasteiger partial charge in [0.1, 0.15) is 0 Å². The van der Waals surface area contributed by atoms with E-state index < -0.39 is 0 Å². The van der Waals surface area contributed by atoms with Gasteiger partial charge in [-0.3, -0.25) is 0 Å². The zero-order valence-electron chi connectivity index (χ0n) is 31.1. The van der Waals surface area contributed by atoms with Crippen LogP contribution in [0.15, 0.2) is 97.1 Å². The molecule has 2 saturated carbocycles. The molecule has 0 heterocycles. The van der Waals surface area contributed by atoms with Crippen LogP contribution in [0.2, 0.25) is 0 Å². The maximum absolute atomic E-state index is 5.94. The first kappa shape index (κ1) is 36.3. The monoisotopic (exact) mass is 669 g/mol. The van der Waals surface area contributed by atoms with Gasteiger partial charge in [-0.2, -0.15) is 0 Å². The molecule has 0 saturated heterocycles. The maximum Gasteiger partial charge on any atom is 0.0314 e. The third kappa shape index (κ3) is 10.0. The van der Waals surface area contributed by atoms with Gasteiger partial charge in [0.25, 0.3) is 0 Å². The molecular formula is C48H64N2. The molecule has 0 unspecified atom stereocenters. The summed E-state index contributed by atoms with van der Waals surface area (Å²) in [5, 5.41) is 0. The van der Waals surface area contributed by atoms with Gasteiger partial charge in [-0.1, -0.05) is 163 Å². The molecule has 6 rings (SSSR count). The van der Waals surface area contributed by atoms with Crippen LogP contribution in [0.25, 0.3) is 0 Å². The smallest absolute Gasteiger partial charge is 0.0314 e. The Morgan fingerprint density at radius 3 is 1.24 bits per heavy atom. The molecule has 4 aromatic rings. The van der Waals surface area contributed by atoms with Gasteiger partial charge in [-0.15, -0.1) is 0 Å². The summed E-state index contributed by atoms with van der Waals surface area (Å²) < 4.78 is 0. The zero-order valence-corrected chi connectivity index (χ0v) is 31.1. The Balaban J connectivity index is 1.07. The molecule has 0 atom stereocenters. The molecule has 50 heavy (non-hydrogen) atoms. The number of benzene rings is 4. The molecule has 0 aliphatic heterocycles. The predicted molar refractivity (Wildman–Crippen MR) is 216 cm³/mol. The minimum Gasteiger partial charge on any atom is -0.399 e. The van der Waals surface area contributed by atoms with Gasteiger partial charge in [-0.05, 0) is 114 Å².